The SMILES string of the molecule is CCc1ccc(NC(=O)[C@@H](C)OC(=O)Cn2nc(-c3ccccc3)oc2=O)cc1. The molecular formula is C21H21N3O5. The third kappa shape index (κ3) is 5.19. The minimum absolute atomic E-state index is 0.102. The number of ether oxygens (including phenoxy) is 1. The molecule has 2 aromatic carbocycles. The topological polar surface area (TPSA) is 103 Å². The van der Waals surface area contributed by atoms with Crippen LogP contribution in [0.2, 0.25) is 0 Å². The van der Waals surface area contributed by atoms with Crippen LogP contribution in [0.1, 0.15) is 19.4 Å². The highest BCUT2D eigenvalue weighted by atomic mass is 16.5. The third-order valence-corrected chi connectivity index (χ3v) is 4.21. The van der Waals surface area contributed by atoms with Gasteiger partial charge in [-0.25, -0.2) is 4.79 Å². The van der Waals surface area contributed by atoms with E-state index in [9.17, 15) is 14.4 Å². The van der Waals surface area contributed by atoms with Crippen molar-refractivity contribution in [1.29, 1.82) is 0 Å². The molecule has 3 rings (SSSR count). The lowest BCUT2D eigenvalue weighted by molar-refractivity contribution is -0.154. The summed E-state index contributed by atoms with van der Waals surface area (Å²) < 4.78 is 11.0. The molecule has 0 aliphatic heterocycles. The second-order valence-corrected chi connectivity index (χ2v) is 6.37. The Morgan fingerprint density at radius 2 is 1.83 bits per heavy atom. The number of hydrogen-bond acceptors (Lipinski definition) is 6. The molecule has 8 nitrogen and oxygen atoms in total. The van der Waals surface area contributed by atoms with Gasteiger partial charge in [0.2, 0.25) is 5.89 Å². The Bertz CT molecular complexity index is 1040. The maximum absolute atomic E-state index is 12.2. The van der Waals surface area contributed by atoms with Gasteiger partial charge < -0.3 is 14.5 Å². The van der Waals surface area contributed by atoms with Crippen LogP contribution in [0.3, 0.4) is 0 Å². The molecule has 3 aromatic rings. The number of rotatable bonds is 7. The molecule has 29 heavy (non-hydrogen) atoms. The zero-order valence-electron chi connectivity index (χ0n) is 16.1. The summed E-state index contributed by atoms with van der Waals surface area (Å²) in [7, 11) is 0. The summed E-state index contributed by atoms with van der Waals surface area (Å²) in [6.45, 7) is 3.03. The number of hydrogen-bond donors (Lipinski definition) is 1. The average molecular weight is 395 g/mol. The lowest BCUT2D eigenvalue weighted by atomic mass is 10.1. The summed E-state index contributed by atoms with van der Waals surface area (Å²) in [5, 5.41) is 6.67. The number of benzene rings is 2. The molecule has 1 heterocycles. The van der Waals surface area contributed by atoms with E-state index in [-0.39, 0.29) is 5.89 Å². The monoisotopic (exact) mass is 395 g/mol. The van der Waals surface area contributed by atoms with E-state index < -0.39 is 30.3 Å². The van der Waals surface area contributed by atoms with Crippen molar-refractivity contribution in [1.82, 2.24) is 9.78 Å². The van der Waals surface area contributed by atoms with E-state index in [1.54, 1.807) is 36.4 Å². The smallest absolute Gasteiger partial charge is 0.437 e. The standard InChI is InChI=1S/C21H21N3O5/c1-3-15-9-11-17(12-10-15)22-19(26)14(2)28-18(25)13-24-21(27)29-20(23-24)16-7-5-4-6-8-16/h4-12,14H,3,13H2,1-2H3,(H,22,26)/t14-/m1/s1. The maximum Gasteiger partial charge on any atom is 0.437 e. The number of nitrogens with one attached hydrogen (secondary N) is 1. The Balaban J connectivity index is 1.57. The van der Waals surface area contributed by atoms with Crippen LogP contribution in [0, 0.1) is 0 Å². The molecule has 0 spiro atoms. The molecular weight excluding hydrogens is 374 g/mol. The van der Waals surface area contributed by atoms with Crippen molar-refractivity contribution in [2.75, 3.05) is 5.32 Å². The molecule has 1 atom stereocenters. The molecule has 150 valence electrons. The van der Waals surface area contributed by atoms with Crippen LogP contribution < -0.4 is 11.1 Å². The lowest BCUT2D eigenvalue weighted by Crippen LogP contribution is -2.32. The Morgan fingerprint density at radius 1 is 1.14 bits per heavy atom. The van der Waals surface area contributed by atoms with E-state index in [4.69, 9.17) is 9.15 Å². The van der Waals surface area contributed by atoms with Crippen LogP contribution in [-0.2, 0) is 27.3 Å². The van der Waals surface area contributed by atoms with Crippen LogP contribution in [0.5, 0.6) is 0 Å². The van der Waals surface area contributed by atoms with Gasteiger partial charge in [-0.3, -0.25) is 9.59 Å². The van der Waals surface area contributed by atoms with Gasteiger partial charge in [0.1, 0.15) is 6.54 Å². The molecule has 0 fully saturated rings. The van der Waals surface area contributed by atoms with E-state index in [0.29, 0.717) is 11.3 Å². The minimum atomic E-state index is -1.04. The highest BCUT2D eigenvalue weighted by Gasteiger charge is 2.20. The zero-order chi connectivity index (χ0) is 20.8. The maximum atomic E-state index is 12.2. The highest BCUT2D eigenvalue weighted by Crippen LogP contribution is 2.14. The summed E-state index contributed by atoms with van der Waals surface area (Å²) in [5.41, 5.74) is 2.37. The van der Waals surface area contributed by atoms with Crippen molar-refractivity contribution in [2.45, 2.75) is 32.9 Å². The van der Waals surface area contributed by atoms with Gasteiger partial charge in [-0.2, -0.15) is 4.68 Å². The first kappa shape index (κ1) is 20.1. The van der Waals surface area contributed by atoms with Crippen molar-refractivity contribution >= 4 is 17.6 Å². The van der Waals surface area contributed by atoms with E-state index >= 15 is 0 Å². The predicted octanol–water partition coefficient (Wildman–Crippen LogP) is 2.64. The molecule has 8 heteroatoms. The first-order valence-electron chi connectivity index (χ1n) is 9.19. The van der Waals surface area contributed by atoms with Gasteiger partial charge in [0.05, 0.1) is 0 Å². The van der Waals surface area contributed by atoms with E-state index in [1.165, 1.54) is 6.92 Å². The summed E-state index contributed by atoms with van der Waals surface area (Å²) >= 11 is 0. The van der Waals surface area contributed by atoms with Crippen LogP contribution in [0.25, 0.3) is 11.5 Å². The van der Waals surface area contributed by atoms with Crippen LogP contribution in [0.4, 0.5) is 5.69 Å². The van der Waals surface area contributed by atoms with Gasteiger partial charge in [-0.05, 0) is 43.2 Å². The molecule has 0 bridgehead atoms. The third-order valence-electron chi connectivity index (χ3n) is 4.21. The normalized spacial score (nSPS) is 11.7. The number of anilines is 1. The number of aryl methyl sites for hydroxylation is 1. The summed E-state index contributed by atoms with van der Waals surface area (Å²) in [6.07, 6.45) is -0.139. The Labute approximate surface area is 167 Å². The minimum Gasteiger partial charge on any atom is -0.451 e. The summed E-state index contributed by atoms with van der Waals surface area (Å²) in [4.78, 5) is 36.2. The Morgan fingerprint density at radius 3 is 2.48 bits per heavy atom. The van der Waals surface area contributed by atoms with Crippen molar-refractivity contribution < 1.29 is 18.7 Å². The fraction of sp³-hybridized carbons (Fsp3) is 0.238. The predicted molar refractivity (Wildman–Crippen MR) is 106 cm³/mol. The highest BCUT2D eigenvalue weighted by molar-refractivity contribution is 5.95. The molecule has 1 amide bonds. The number of carbonyl (C=O) groups excluding carboxylic acids is 2. The molecule has 0 aliphatic rings. The molecule has 0 unspecified atom stereocenters. The first-order valence-corrected chi connectivity index (χ1v) is 9.19. The van der Waals surface area contributed by atoms with Crippen LogP contribution >= 0.6 is 0 Å². The number of aromatic nitrogens is 2. The summed E-state index contributed by atoms with van der Waals surface area (Å²) in [6, 6.07) is 16.2. The van der Waals surface area contributed by atoms with E-state index in [1.807, 2.05) is 25.1 Å². The Kier molecular flexibility index (Phi) is 6.23. The lowest BCUT2D eigenvalue weighted by Gasteiger charge is -2.13. The molecule has 0 saturated carbocycles. The molecule has 0 aliphatic carbocycles. The van der Waals surface area contributed by atoms with Crippen molar-refractivity contribution in [3.63, 3.8) is 0 Å². The van der Waals surface area contributed by atoms with Gasteiger partial charge in [0.25, 0.3) is 5.91 Å². The molecule has 0 saturated heterocycles. The number of carbonyl (C=O) groups is 2. The second-order valence-electron chi connectivity index (χ2n) is 6.37. The molecule has 1 N–H and O–H groups in total. The van der Waals surface area contributed by atoms with E-state index in [0.717, 1.165) is 16.7 Å². The van der Waals surface area contributed by atoms with Gasteiger partial charge in [0, 0.05) is 11.3 Å². The molecule has 0 radical (unpaired) electrons. The first-order chi connectivity index (χ1) is 14.0. The second kappa shape index (κ2) is 9.01. The van der Waals surface area contributed by atoms with Gasteiger partial charge >= 0.3 is 11.7 Å². The summed E-state index contributed by atoms with van der Waals surface area (Å²) in [5.74, 6) is -1.93. The van der Waals surface area contributed by atoms with Gasteiger partial charge in [-0.1, -0.05) is 37.3 Å². The number of amides is 1. The zero-order valence-corrected chi connectivity index (χ0v) is 16.1. The number of nitrogens with zero attached hydrogens (tertiary/aromatic N) is 2. The fourth-order valence-electron chi connectivity index (χ4n) is 2.58. The average Bonchev–Trinajstić information content (AvgIpc) is 3.09. The van der Waals surface area contributed by atoms with Crippen LogP contribution in [-0.4, -0.2) is 27.8 Å². The van der Waals surface area contributed by atoms with E-state index in [2.05, 4.69) is 10.4 Å². The van der Waals surface area contributed by atoms with Crippen molar-refractivity contribution in [3.05, 3.63) is 70.7 Å². The quantitative estimate of drug-likeness (QED) is 0.617. The van der Waals surface area contributed by atoms with Gasteiger partial charge in [0.15, 0.2) is 6.10 Å². The van der Waals surface area contributed by atoms with Crippen molar-refractivity contribution in [3.8, 4) is 11.5 Å². The largest absolute Gasteiger partial charge is 0.451 e. The van der Waals surface area contributed by atoms with Crippen molar-refractivity contribution in [2.24, 2.45) is 0 Å². The fourth-order valence-corrected chi connectivity index (χ4v) is 2.58. The number of esters is 1. The van der Waals surface area contributed by atoms with Gasteiger partial charge in [-0.15, -0.1) is 5.10 Å². The molecule has 1 aromatic heterocycles. The Hall–Kier alpha value is -3.68. The van der Waals surface area contributed by atoms with Crippen LogP contribution in [0.15, 0.2) is 63.8 Å².